The molecule has 0 unspecified atom stereocenters. The predicted octanol–water partition coefficient (Wildman–Crippen LogP) is 4.57. The van der Waals surface area contributed by atoms with Gasteiger partial charge in [-0.1, -0.05) is 11.6 Å². The van der Waals surface area contributed by atoms with Gasteiger partial charge >= 0.3 is 0 Å². The van der Waals surface area contributed by atoms with Crippen LogP contribution in [0.1, 0.15) is 28.3 Å². The molecule has 0 fully saturated rings. The lowest BCUT2D eigenvalue weighted by Crippen LogP contribution is -2.30. The van der Waals surface area contributed by atoms with Gasteiger partial charge in [-0.05, 0) is 49.7 Å². The zero-order valence-electron chi connectivity index (χ0n) is 14.4. The Balaban J connectivity index is 1.51. The van der Waals surface area contributed by atoms with E-state index in [9.17, 15) is 0 Å². The molecule has 1 aliphatic heterocycles. The number of hydrogen-bond acceptors (Lipinski definition) is 4. The summed E-state index contributed by atoms with van der Waals surface area (Å²) in [7, 11) is 0. The summed E-state index contributed by atoms with van der Waals surface area (Å²) in [5.41, 5.74) is 4.55. The molecule has 0 radical (unpaired) electrons. The molecule has 0 bridgehead atoms. The zero-order valence-corrected chi connectivity index (χ0v) is 15.2. The van der Waals surface area contributed by atoms with E-state index in [-0.39, 0.29) is 0 Å². The van der Waals surface area contributed by atoms with E-state index >= 15 is 0 Å². The number of rotatable bonds is 3. The van der Waals surface area contributed by atoms with Crippen molar-refractivity contribution in [2.45, 2.75) is 33.4 Å². The minimum absolute atomic E-state index is 0.723. The van der Waals surface area contributed by atoms with Crippen LogP contribution in [0.15, 0.2) is 40.9 Å². The number of aryl methyl sites for hydroxylation is 2. The predicted molar refractivity (Wildman–Crippen MR) is 98.5 cm³/mol. The molecule has 4 rings (SSSR count). The molecule has 25 heavy (non-hydrogen) atoms. The van der Waals surface area contributed by atoms with Gasteiger partial charge < -0.3 is 4.42 Å². The standard InChI is InChI=1S/C20H20ClN3O/c1-13-9-18(25-14(13)2)12-24-8-7-19-16(11-24)10-22-20(23-19)15-3-5-17(21)6-4-15/h3-6,9-10H,7-8,11-12H2,1-2H3. The molecule has 128 valence electrons. The largest absolute Gasteiger partial charge is 0.465 e. The SMILES string of the molecule is Cc1cc(CN2CCc3nc(-c4ccc(Cl)cc4)ncc3C2)oc1C. The fourth-order valence-corrected chi connectivity index (χ4v) is 3.32. The second-order valence-electron chi connectivity index (χ2n) is 6.59. The van der Waals surface area contributed by atoms with E-state index in [0.717, 1.165) is 59.7 Å². The Labute approximate surface area is 152 Å². The molecule has 3 aromatic rings. The van der Waals surface area contributed by atoms with Crippen LogP contribution in [-0.2, 0) is 19.5 Å². The third-order valence-electron chi connectivity index (χ3n) is 4.71. The first-order valence-corrected chi connectivity index (χ1v) is 8.85. The zero-order chi connectivity index (χ0) is 17.4. The molecule has 0 aliphatic carbocycles. The van der Waals surface area contributed by atoms with Crippen molar-refractivity contribution in [1.29, 1.82) is 0 Å². The number of furan rings is 1. The molecular formula is C20H20ClN3O. The van der Waals surface area contributed by atoms with Crippen LogP contribution in [0.25, 0.3) is 11.4 Å². The van der Waals surface area contributed by atoms with Gasteiger partial charge in [0.2, 0.25) is 0 Å². The van der Waals surface area contributed by atoms with Gasteiger partial charge in [0.05, 0.1) is 12.2 Å². The highest BCUT2D eigenvalue weighted by Gasteiger charge is 2.20. The van der Waals surface area contributed by atoms with Crippen LogP contribution in [0.2, 0.25) is 5.02 Å². The van der Waals surface area contributed by atoms with Gasteiger partial charge in [0.1, 0.15) is 11.5 Å². The van der Waals surface area contributed by atoms with Crippen LogP contribution in [0.4, 0.5) is 0 Å². The van der Waals surface area contributed by atoms with Crippen molar-refractivity contribution in [3.63, 3.8) is 0 Å². The summed E-state index contributed by atoms with van der Waals surface area (Å²) in [6.45, 7) is 6.75. The highest BCUT2D eigenvalue weighted by molar-refractivity contribution is 6.30. The minimum Gasteiger partial charge on any atom is -0.465 e. The Morgan fingerprint density at radius 3 is 2.72 bits per heavy atom. The number of nitrogens with zero attached hydrogens (tertiary/aromatic N) is 3. The lowest BCUT2D eigenvalue weighted by Gasteiger charge is -2.27. The van der Waals surface area contributed by atoms with Crippen LogP contribution < -0.4 is 0 Å². The monoisotopic (exact) mass is 353 g/mol. The molecule has 0 atom stereocenters. The fourth-order valence-electron chi connectivity index (χ4n) is 3.20. The Hall–Kier alpha value is -2.17. The summed E-state index contributed by atoms with van der Waals surface area (Å²) >= 11 is 5.95. The fraction of sp³-hybridized carbons (Fsp3) is 0.300. The molecule has 0 saturated heterocycles. The second kappa shape index (κ2) is 6.62. The van der Waals surface area contributed by atoms with Gasteiger partial charge in [0, 0.05) is 41.9 Å². The molecule has 1 aliphatic rings. The van der Waals surface area contributed by atoms with Crippen molar-refractivity contribution in [3.05, 3.63) is 69.9 Å². The summed E-state index contributed by atoms with van der Waals surface area (Å²) < 4.78 is 5.81. The van der Waals surface area contributed by atoms with E-state index in [0.29, 0.717) is 0 Å². The van der Waals surface area contributed by atoms with Crippen molar-refractivity contribution in [3.8, 4) is 11.4 Å². The third kappa shape index (κ3) is 3.46. The minimum atomic E-state index is 0.723. The van der Waals surface area contributed by atoms with E-state index in [1.165, 1.54) is 11.1 Å². The first kappa shape index (κ1) is 16.3. The van der Waals surface area contributed by atoms with Crippen molar-refractivity contribution in [2.75, 3.05) is 6.54 Å². The van der Waals surface area contributed by atoms with Crippen molar-refractivity contribution in [1.82, 2.24) is 14.9 Å². The molecule has 3 heterocycles. The Kier molecular flexibility index (Phi) is 4.32. The summed E-state index contributed by atoms with van der Waals surface area (Å²) in [5.74, 6) is 2.79. The summed E-state index contributed by atoms with van der Waals surface area (Å²) in [4.78, 5) is 11.7. The topological polar surface area (TPSA) is 42.2 Å². The average Bonchev–Trinajstić information content (AvgIpc) is 2.92. The van der Waals surface area contributed by atoms with Gasteiger partial charge in [0.25, 0.3) is 0 Å². The summed E-state index contributed by atoms with van der Waals surface area (Å²) in [5, 5.41) is 0.723. The molecular weight excluding hydrogens is 334 g/mol. The first-order valence-electron chi connectivity index (χ1n) is 8.47. The smallest absolute Gasteiger partial charge is 0.159 e. The van der Waals surface area contributed by atoms with Crippen LogP contribution in [0.3, 0.4) is 0 Å². The maximum absolute atomic E-state index is 5.95. The Bertz CT molecular complexity index is 882. The summed E-state index contributed by atoms with van der Waals surface area (Å²) in [6.07, 6.45) is 2.88. The Morgan fingerprint density at radius 2 is 2.00 bits per heavy atom. The molecule has 0 saturated carbocycles. The summed E-state index contributed by atoms with van der Waals surface area (Å²) in [6, 6.07) is 9.79. The molecule has 2 aromatic heterocycles. The van der Waals surface area contributed by atoms with Crippen molar-refractivity contribution < 1.29 is 4.42 Å². The molecule has 1 aromatic carbocycles. The molecule has 4 nitrogen and oxygen atoms in total. The molecule has 5 heteroatoms. The third-order valence-corrected chi connectivity index (χ3v) is 4.96. The van der Waals surface area contributed by atoms with Crippen molar-refractivity contribution in [2.24, 2.45) is 0 Å². The highest BCUT2D eigenvalue weighted by atomic mass is 35.5. The van der Waals surface area contributed by atoms with Crippen LogP contribution >= 0.6 is 11.6 Å². The van der Waals surface area contributed by atoms with E-state index in [1.807, 2.05) is 37.4 Å². The number of benzene rings is 1. The van der Waals surface area contributed by atoms with E-state index in [2.05, 4.69) is 22.9 Å². The van der Waals surface area contributed by atoms with Crippen LogP contribution in [0.5, 0.6) is 0 Å². The van der Waals surface area contributed by atoms with Crippen molar-refractivity contribution >= 4 is 11.6 Å². The average molecular weight is 354 g/mol. The number of fused-ring (bicyclic) bond motifs is 1. The van der Waals surface area contributed by atoms with Gasteiger partial charge in [-0.25, -0.2) is 9.97 Å². The molecule has 0 amide bonds. The van der Waals surface area contributed by atoms with Crippen LogP contribution in [0, 0.1) is 13.8 Å². The second-order valence-corrected chi connectivity index (χ2v) is 7.02. The van der Waals surface area contributed by atoms with E-state index in [1.54, 1.807) is 0 Å². The first-order chi connectivity index (χ1) is 12.1. The number of aromatic nitrogens is 2. The maximum Gasteiger partial charge on any atom is 0.159 e. The van der Waals surface area contributed by atoms with Gasteiger partial charge in [-0.2, -0.15) is 0 Å². The Morgan fingerprint density at radius 1 is 1.20 bits per heavy atom. The maximum atomic E-state index is 5.95. The number of hydrogen-bond donors (Lipinski definition) is 0. The lowest BCUT2D eigenvalue weighted by molar-refractivity contribution is 0.222. The van der Waals surface area contributed by atoms with Gasteiger partial charge in [-0.3, -0.25) is 4.90 Å². The molecule has 0 spiro atoms. The van der Waals surface area contributed by atoms with Gasteiger partial charge in [-0.15, -0.1) is 0 Å². The molecule has 0 N–H and O–H groups in total. The van der Waals surface area contributed by atoms with Crippen LogP contribution in [-0.4, -0.2) is 21.4 Å². The quantitative estimate of drug-likeness (QED) is 0.692. The van der Waals surface area contributed by atoms with Gasteiger partial charge in [0.15, 0.2) is 5.82 Å². The van der Waals surface area contributed by atoms with E-state index < -0.39 is 0 Å². The normalized spacial score (nSPS) is 14.5. The van der Waals surface area contributed by atoms with E-state index in [4.69, 9.17) is 21.0 Å². The number of halogens is 1. The highest BCUT2D eigenvalue weighted by Crippen LogP contribution is 2.24. The lowest BCUT2D eigenvalue weighted by atomic mass is 10.1.